The molecule has 31 heavy (non-hydrogen) atoms. The average Bonchev–Trinajstić information content (AvgIpc) is 3.18. The van der Waals surface area contributed by atoms with Crippen LogP contribution in [0.3, 0.4) is 0 Å². The fourth-order valence-corrected chi connectivity index (χ4v) is 3.53. The van der Waals surface area contributed by atoms with Crippen molar-refractivity contribution in [3.05, 3.63) is 41.7 Å². The Labute approximate surface area is 178 Å². The van der Waals surface area contributed by atoms with Crippen LogP contribution in [0.4, 0.5) is 11.6 Å². The summed E-state index contributed by atoms with van der Waals surface area (Å²) in [5.74, 6) is 2.46. The molecular formula is C21H24N6O4. The van der Waals surface area contributed by atoms with Gasteiger partial charge in [-0.2, -0.15) is 9.50 Å². The summed E-state index contributed by atoms with van der Waals surface area (Å²) < 4.78 is 18.0. The second kappa shape index (κ2) is 8.52. The Hall–Kier alpha value is -3.79. The number of ether oxygens (including phenoxy) is 3. The zero-order chi connectivity index (χ0) is 22.0. The molecule has 0 saturated carbocycles. The summed E-state index contributed by atoms with van der Waals surface area (Å²) in [6.07, 6.45) is 0.431. The van der Waals surface area contributed by atoms with Crippen LogP contribution in [0, 0.1) is 0 Å². The van der Waals surface area contributed by atoms with Gasteiger partial charge in [0.15, 0.2) is 17.1 Å². The second-order valence-corrected chi connectivity index (χ2v) is 6.83. The molecule has 0 fully saturated rings. The van der Waals surface area contributed by atoms with Crippen molar-refractivity contribution in [1.29, 1.82) is 0 Å². The van der Waals surface area contributed by atoms with Crippen LogP contribution in [0.15, 0.2) is 30.3 Å². The molecule has 4 aromatic rings. The molecule has 4 N–H and O–H groups in total. The van der Waals surface area contributed by atoms with Gasteiger partial charge in [0.1, 0.15) is 5.82 Å². The molecule has 0 aliphatic heterocycles. The van der Waals surface area contributed by atoms with E-state index in [1.165, 1.54) is 0 Å². The van der Waals surface area contributed by atoms with E-state index in [0.29, 0.717) is 41.7 Å². The number of hydrogen-bond donors (Lipinski definition) is 3. The molecule has 0 aliphatic carbocycles. The van der Waals surface area contributed by atoms with Crippen molar-refractivity contribution in [2.24, 2.45) is 0 Å². The number of anilines is 2. The number of benzene rings is 2. The molecule has 0 unspecified atom stereocenters. The SMILES string of the molecule is COc1cc(Cc2nc3cc(NCCO)ccc3c3nc(N)nn23)cc(OC)c1OC. The number of fused-ring (bicyclic) bond motifs is 3. The quantitative estimate of drug-likeness (QED) is 0.388. The Kier molecular flexibility index (Phi) is 5.63. The number of rotatable bonds is 8. The van der Waals surface area contributed by atoms with Crippen LogP contribution in [-0.2, 0) is 6.42 Å². The zero-order valence-corrected chi connectivity index (χ0v) is 17.5. The van der Waals surface area contributed by atoms with Crippen molar-refractivity contribution in [3.8, 4) is 17.2 Å². The molecule has 0 amide bonds. The lowest BCUT2D eigenvalue weighted by molar-refractivity contribution is 0.311. The topological polar surface area (TPSA) is 129 Å². The molecule has 0 bridgehead atoms. The molecule has 2 heterocycles. The molecule has 0 radical (unpaired) electrons. The van der Waals surface area contributed by atoms with E-state index in [0.717, 1.165) is 22.2 Å². The van der Waals surface area contributed by atoms with Gasteiger partial charge in [0, 0.05) is 24.0 Å². The molecule has 10 nitrogen and oxygen atoms in total. The van der Waals surface area contributed by atoms with Crippen LogP contribution in [-0.4, -0.2) is 59.2 Å². The lowest BCUT2D eigenvalue weighted by atomic mass is 10.1. The van der Waals surface area contributed by atoms with Gasteiger partial charge in [0.25, 0.3) is 0 Å². The molecule has 0 saturated heterocycles. The highest BCUT2D eigenvalue weighted by Crippen LogP contribution is 2.38. The largest absolute Gasteiger partial charge is 0.493 e. The lowest BCUT2D eigenvalue weighted by Gasteiger charge is -2.14. The number of methoxy groups -OCH3 is 3. The Morgan fingerprint density at radius 2 is 1.77 bits per heavy atom. The van der Waals surface area contributed by atoms with Gasteiger partial charge in [-0.15, -0.1) is 5.10 Å². The van der Waals surface area contributed by atoms with Gasteiger partial charge in [0.2, 0.25) is 11.7 Å². The standard InChI is InChI=1S/C21H24N6O4/c1-29-16-8-12(9-17(30-2)19(16)31-3)10-18-24-15-11-13(23-6-7-28)4-5-14(15)20-25-21(22)26-27(18)20/h4-5,8-9,11,23,28H,6-7,10H2,1-3H3,(H2,22,26). The maximum absolute atomic E-state index is 9.07. The molecule has 2 aromatic heterocycles. The Bertz CT molecular complexity index is 1210. The van der Waals surface area contributed by atoms with E-state index >= 15 is 0 Å². The van der Waals surface area contributed by atoms with E-state index in [2.05, 4.69) is 15.4 Å². The van der Waals surface area contributed by atoms with Crippen molar-refractivity contribution in [2.45, 2.75) is 6.42 Å². The van der Waals surface area contributed by atoms with E-state index in [1.807, 2.05) is 30.3 Å². The number of nitrogens with zero attached hydrogens (tertiary/aromatic N) is 4. The van der Waals surface area contributed by atoms with Crippen molar-refractivity contribution in [1.82, 2.24) is 19.6 Å². The van der Waals surface area contributed by atoms with Gasteiger partial charge in [0.05, 0.1) is 33.5 Å². The highest BCUT2D eigenvalue weighted by Gasteiger charge is 2.17. The Morgan fingerprint density at radius 3 is 2.42 bits per heavy atom. The fourth-order valence-electron chi connectivity index (χ4n) is 3.53. The highest BCUT2D eigenvalue weighted by atomic mass is 16.5. The number of hydrogen-bond acceptors (Lipinski definition) is 9. The van der Waals surface area contributed by atoms with Gasteiger partial charge < -0.3 is 30.4 Å². The van der Waals surface area contributed by atoms with Crippen LogP contribution in [0.1, 0.15) is 11.4 Å². The summed E-state index contributed by atoms with van der Waals surface area (Å²) in [4.78, 5) is 9.21. The number of aliphatic hydroxyl groups is 1. The highest BCUT2D eigenvalue weighted by molar-refractivity contribution is 5.93. The third-order valence-electron chi connectivity index (χ3n) is 4.88. The molecule has 0 aliphatic rings. The predicted octanol–water partition coefficient (Wildman–Crippen LogP) is 1.88. The molecule has 4 rings (SSSR count). The van der Waals surface area contributed by atoms with E-state index in [4.69, 9.17) is 30.0 Å². The van der Waals surface area contributed by atoms with E-state index < -0.39 is 0 Å². The van der Waals surface area contributed by atoms with Crippen molar-refractivity contribution in [3.63, 3.8) is 0 Å². The smallest absolute Gasteiger partial charge is 0.240 e. The third-order valence-corrected chi connectivity index (χ3v) is 4.88. The molecular weight excluding hydrogens is 400 g/mol. The first-order valence-corrected chi connectivity index (χ1v) is 9.66. The number of aromatic nitrogens is 4. The van der Waals surface area contributed by atoms with Crippen molar-refractivity contribution < 1.29 is 19.3 Å². The minimum absolute atomic E-state index is 0.0393. The maximum atomic E-state index is 9.07. The molecule has 162 valence electrons. The zero-order valence-electron chi connectivity index (χ0n) is 17.5. The Balaban J connectivity index is 1.84. The molecule has 0 atom stereocenters. The van der Waals surface area contributed by atoms with Crippen LogP contribution in [0.5, 0.6) is 17.2 Å². The first-order chi connectivity index (χ1) is 15.1. The molecule has 10 heteroatoms. The third kappa shape index (κ3) is 3.84. The van der Waals surface area contributed by atoms with Crippen LogP contribution < -0.4 is 25.3 Å². The van der Waals surface area contributed by atoms with E-state index in [9.17, 15) is 0 Å². The minimum Gasteiger partial charge on any atom is -0.493 e. The van der Waals surface area contributed by atoms with Gasteiger partial charge in [-0.3, -0.25) is 0 Å². The summed E-state index contributed by atoms with van der Waals surface area (Å²) in [7, 11) is 4.72. The van der Waals surface area contributed by atoms with E-state index in [-0.39, 0.29) is 12.6 Å². The minimum atomic E-state index is 0.0393. The van der Waals surface area contributed by atoms with Crippen molar-refractivity contribution >= 4 is 28.2 Å². The van der Waals surface area contributed by atoms with Gasteiger partial charge in [-0.1, -0.05) is 0 Å². The summed E-state index contributed by atoms with van der Waals surface area (Å²) in [6, 6.07) is 9.48. The van der Waals surface area contributed by atoms with Gasteiger partial charge in [-0.25, -0.2) is 4.98 Å². The predicted molar refractivity (Wildman–Crippen MR) is 117 cm³/mol. The Morgan fingerprint density at radius 1 is 1.03 bits per heavy atom. The van der Waals surface area contributed by atoms with Crippen molar-refractivity contribution in [2.75, 3.05) is 45.5 Å². The fraction of sp³-hybridized carbons (Fsp3) is 0.286. The number of nitrogens with two attached hydrogens (primary N) is 1. The first-order valence-electron chi connectivity index (χ1n) is 9.66. The lowest BCUT2D eigenvalue weighted by Crippen LogP contribution is -2.07. The number of aliphatic hydroxyl groups excluding tert-OH is 1. The van der Waals surface area contributed by atoms with E-state index in [1.54, 1.807) is 25.8 Å². The van der Waals surface area contributed by atoms with Crippen LogP contribution in [0.2, 0.25) is 0 Å². The summed E-state index contributed by atoms with van der Waals surface area (Å²) in [6.45, 7) is 0.488. The number of nitrogens with one attached hydrogen (secondary N) is 1. The maximum Gasteiger partial charge on any atom is 0.240 e. The summed E-state index contributed by atoms with van der Waals surface area (Å²) in [5.41, 5.74) is 9.01. The van der Waals surface area contributed by atoms with Gasteiger partial charge in [-0.05, 0) is 35.9 Å². The summed E-state index contributed by atoms with van der Waals surface area (Å²) in [5, 5.41) is 17.4. The molecule has 2 aromatic carbocycles. The summed E-state index contributed by atoms with van der Waals surface area (Å²) >= 11 is 0. The molecule has 0 spiro atoms. The van der Waals surface area contributed by atoms with Crippen LogP contribution in [0.25, 0.3) is 16.6 Å². The number of nitrogen functional groups attached to an aromatic ring is 1. The van der Waals surface area contributed by atoms with Gasteiger partial charge >= 0.3 is 0 Å². The second-order valence-electron chi connectivity index (χ2n) is 6.83. The van der Waals surface area contributed by atoms with Crippen LogP contribution >= 0.6 is 0 Å². The monoisotopic (exact) mass is 424 g/mol. The average molecular weight is 424 g/mol. The first kappa shape index (κ1) is 20.5. The normalized spacial score (nSPS) is 11.1.